The van der Waals surface area contributed by atoms with Crippen LogP contribution in [0.1, 0.15) is 22.5 Å². The lowest BCUT2D eigenvalue weighted by molar-refractivity contribution is 0.600. The van der Waals surface area contributed by atoms with E-state index in [1.165, 1.54) is 0 Å². The molecule has 0 saturated carbocycles. The SMILES string of the molecule is Cc1cccc(C)c1Nc1ccc(NS(=O)(=O)c2c(C)n[nH]c2C)nn1. The lowest BCUT2D eigenvalue weighted by Crippen LogP contribution is -2.16. The highest BCUT2D eigenvalue weighted by molar-refractivity contribution is 7.92. The van der Waals surface area contributed by atoms with Crippen molar-refractivity contribution in [2.45, 2.75) is 32.6 Å². The van der Waals surface area contributed by atoms with E-state index < -0.39 is 10.0 Å². The molecule has 0 fully saturated rings. The van der Waals surface area contributed by atoms with Crippen molar-refractivity contribution in [3.63, 3.8) is 0 Å². The average molecular weight is 372 g/mol. The molecule has 2 aromatic heterocycles. The van der Waals surface area contributed by atoms with Crippen molar-refractivity contribution in [3.8, 4) is 0 Å². The maximum absolute atomic E-state index is 12.5. The quantitative estimate of drug-likeness (QED) is 0.635. The van der Waals surface area contributed by atoms with Gasteiger partial charge >= 0.3 is 0 Å². The number of rotatable bonds is 5. The van der Waals surface area contributed by atoms with Gasteiger partial charge in [-0.3, -0.25) is 9.82 Å². The third-order valence-electron chi connectivity index (χ3n) is 3.97. The van der Waals surface area contributed by atoms with Crippen molar-refractivity contribution >= 4 is 27.3 Å². The third kappa shape index (κ3) is 3.52. The molecular formula is C17H20N6O2S. The minimum atomic E-state index is -3.78. The van der Waals surface area contributed by atoms with Crippen LogP contribution in [-0.4, -0.2) is 28.8 Å². The van der Waals surface area contributed by atoms with Crippen LogP contribution in [0.2, 0.25) is 0 Å². The first-order valence-corrected chi connectivity index (χ1v) is 9.47. The Morgan fingerprint density at radius 2 is 1.54 bits per heavy atom. The summed E-state index contributed by atoms with van der Waals surface area (Å²) in [6, 6.07) is 9.22. The van der Waals surface area contributed by atoms with E-state index in [4.69, 9.17) is 0 Å². The van der Waals surface area contributed by atoms with Crippen molar-refractivity contribution < 1.29 is 8.42 Å². The molecule has 0 bridgehead atoms. The molecule has 0 aliphatic rings. The molecule has 0 radical (unpaired) electrons. The van der Waals surface area contributed by atoms with E-state index >= 15 is 0 Å². The predicted molar refractivity (Wildman–Crippen MR) is 100 cm³/mol. The topological polar surface area (TPSA) is 113 Å². The number of nitrogens with one attached hydrogen (secondary N) is 3. The smallest absolute Gasteiger partial charge is 0.266 e. The molecule has 26 heavy (non-hydrogen) atoms. The van der Waals surface area contributed by atoms with Gasteiger partial charge in [0, 0.05) is 5.69 Å². The summed E-state index contributed by atoms with van der Waals surface area (Å²) < 4.78 is 27.5. The summed E-state index contributed by atoms with van der Waals surface area (Å²) in [5.41, 5.74) is 4.00. The summed E-state index contributed by atoms with van der Waals surface area (Å²) in [7, 11) is -3.78. The van der Waals surface area contributed by atoms with E-state index in [1.54, 1.807) is 26.0 Å². The number of hydrogen-bond donors (Lipinski definition) is 3. The van der Waals surface area contributed by atoms with Crippen LogP contribution in [0.15, 0.2) is 35.2 Å². The van der Waals surface area contributed by atoms with E-state index in [2.05, 4.69) is 30.4 Å². The van der Waals surface area contributed by atoms with Crippen LogP contribution in [0.3, 0.4) is 0 Å². The first kappa shape index (κ1) is 17.9. The normalized spacial score (nSPS) is 11.4. The molecule has 1 aromatic carbocycles. The van der Waals surface area contributed by atoms with Gasteiger partial charge in [0.15, 0.2) is 11.6 Å². The standard InChI is InChI=1S/C17H20N6O2S/c1-10-6-5-7-11(2)16(10)18-14-8-9-15(22-21-14)23-26(24,25)17-12(3)19-20-13(17)4/h5-9H,1-4H3,(H,18,21)(H,19,20)(H,22,23). The zero-order valence-electron chi connectivity index (χ0n) is 15.0. The Morgan fingerprint density at radius 3 is 2.08 bits per heavy atom. The van der Waals surface area contributed by atoms with Gasteiger partial charge < -0.3 is 5.32 Å². The molecule has 8 nitrogen and oxygen atoms in total. The first-order chi connectivity index (χ1) is 12.3. The van der Waals surface area contributed by atoms with Crippen molar-refractivity contribution in [2.24, 2.45) is 0 Å². The molecule has 0 aliphatic carbocycles. The third-order valence-corrected chi connectivity index (χ3v) is 5.58. The fourth-order valence-electron chi connectivity index (χ4n) is 2.72. The number of H-pyrrole nitrogens is 1. The van der Waals surface area contributed by atoms with Gasteiger partial charge in [0.05, 0.1) is 11.4 Å². The van der Waals surface area contributed by atoms with E-state index in [-0.39, 0.29) is 10.7 Å². The molecule has 9 heteroatoms. The number of aromatic nitrogens is 4. The Hall–Kier alpha value is -2.94. The molecule has 3 rings (SSSR count). The lowest BCUT2D eigenvalue weighted by Gasteiger charge is -2.12. The van der Waals surface area contributed by atoms with E-state index in [1.807, 2.05) is 32.0 Å². The van der Waals surface area contributed by atoms with Crippen molar-refractivity contribution in [2.75, 3.05) is 10.0 Å². The van der Waals surface area contributed by atoms with Crippen molar-refractivity contribution in [1.82, 2.24) is 20.4 Å². The molecule has 0 aliphatic heterocycles. The first-order valence-electron chi connectivity index (χ1n) is 7.99. The monoisotopic (exact) mass is 372 g/mol. The lowest BCUT2D eigenvalue weighted by atomic mass is 10.1. The fraction of sp³-hybridized carbons (Fsp3) is 0.235. The second-order valence-corrected chi connectivity index (χ2v) is 7.68. The van der Waals surface area contributed by atoms with E-state index in [0.717, 1.165) is 16.8 Å². The maximum Gasteiger partial charge on any atom is 0.266 e. The van der Waals surface area contributed by atoms with Crippen LogP contribution in [0.4, 0.5) is 17.3 Å². The number of aryl methyl sites for hydroxylation is 4. The Balaban J connectivity index is 1.80. The summed E-state index contributed by atoms with van der Waals surface area (Å²) >= 11 is 0. The summed E-state index contributed by atoms with van der Waals surface area (Å²) in [5.74, 6) is 0.665. The molecule has 0 atom stereocenters. The Labute approximate surface area is 152 Å². The minimum absolute atomic E-state index is 0.122. The van der Waals surface area contributed by atoms with Gasteiger partial charge in [-0.05, 0) is 51.0 Å². The molecule has 0 unspecified atom stereocenters. The minimum Gasteiger partial charge on any atom is -0.338 e. The summed E-state index contributed by atoms with van der Waals surface area (Å²) in [6.45, 7) is 7.28. The fourth-order valence-corrected chi connectivity index (χ4v) is 4.09. The van der Waals surface area contributed by atoms with Gasteiger partial charge in [-0.25, -0.2) is 8.42 Å². The highest BCUT2D eigenvalue weighted by Crippen LogP contribution is 2.24. The number of hydrogen-bond acceptors (Lipinski definition) is 6. The van der Waals surface area contributed by atoms with Crippen molar-refractivity contribution in [1.29, 1.82) is 0 Å². The number of para-hydroxylation sites is 1. The highest BCUT2D eigenvalue weighted by atomic mass is 32.2. The number of sulfonamides is 1. The molecule has 3 aromatic rings. The molecule has 2 heterocycles. The molecule has 0 spiro atoms. The average Bonchev–Trinajstić information content (AvgIpc) is 2.92. The Morgan fingerprint density at radius 1 is 0.923 bits per heavy atom. The molecule has 0 amide bonds. The van der Waals surface area contributed by atoms with Gasteiger partial charge in [0.2, 0.25) is 0 Å². The summed E-state index contributed by atoms with van der Waals surface area (Å²) in [5, 5.41) is 17.8. The molecule has 0 saturated heterocycles. The zero-order valence-corrected chi connectivity index (χ0v) is 15.8. The second-order valence-electron chi connectivity index (χ2n) is 6.06. The number of benzene rings is 1. The molecule has 136 valence electrons. The van der Waals surface area contributed by atoms with E-state index in [9.17, 15) is 8.42 Å². The maximum atomic E-state index is 12.5. The largest absolute Gasteiger partial charge is 0.338 e. The highest BCUT2D eigenvalue weighted by Gasteiger charge is 2.22. The molecular weight excluding hydrogens is 352 g/mol. The Kier molecular flexibility index (Phi) is 4.64. The van der Waals surface area contributed by atoms with Gasteiger partial charge in [0.1, 0.15) is 4.90 Å². The Bertz CT molecular complexity index is 1000. The predicted octanol–water partition coefficient (Wildman–Crippen LogP) is 2.98. The molecule has 3 N–H and O–H groups in total. The van der Waals surface area contributed by atoms with Crippen LogP contribution >= 0.6 is 0 Å². The van der Waals surface area contributed by atoms with Crippen molar-refractivity contribution in [3.05, 3.63) is 52.8 Å². The summed E-state index contributed by atoms with van der Waals surface area (Å²) in [4.78, 5) is 0.122. The van der Waals surface area contributed by atoms with Crippen LogP contribution in [0.25, 0.3) is 0 Å². The van der Waals surface area contributed by atoms with Gasteiger partial charge in [-0.2, -0.15) is 5.10 Å². The van der Waals surface area contributed by atoms with E-state index in [0.29, 0.717) is 17.2 Å². The van der Waals surface area contributed by atoms with Gasteiger partial charge in [-0.1, -0.05) is 18.2 Å². The number of anilines is 3. The second kappa shape index (κ2) is 6.75. The van der Waals surface area contributed by atoms with Crippen LogP contribution in [0, 0.1) is 27.7 Å². The van der Waals surface area contributed by atoms with Crippen LogP contribution < -0.4 is 10.0 Å². The van der Waals surface area contributed by atoms with Crippen LogP contribution in [0.5, 0.6) is 0 Å². The van der Waals surface area contributed by atoms with Gasteiger partial charge in [0.25, 0.3) is 10.0 Å². The van der Waals surface area contributed by atoms with Crippen LogP contribution in [-0.2, 0) is 10.0 Å². The summed E-state index contributed by atoms with van der Waals surface area (Å²) in [6.07, 6.45) is 0. The zero-order chi connectivity index (χ0) is 18.9. The van der Waals surface area contributed by atoms with Gasteiger partial charge in [-0.15, -0.1) is 10.2 Å². The number of nitrogens with zero attached hydrogens (tertiary/aromatic N) is 3. The number of aromatic amines is 1.